The quantitative estimate of drug-likeness (QED) is 0.602. The zero-order valence-electron chi connectivity index (χ0n) is 7.72. The average molecular weight is 169 g/mol. The zero-order chi connectivity index (χ0) is 9.78. The van der Waals surface area contributed by atoms with Crippen LogP contribution in [0.25, 0.3) is 0 Å². The third-order valence-corrected chi connectivity index (χ3v) is 1.03. The van der Waals surface area contributed by atoms with E-state index in [0.717, 1.165) is 0 Å². The standard InChI is InChI=1S/C9H15NO2/c1-9(2,3)5-4-7(10)6-8(11)12/h7H,6,10H2,1-3H3,(H,11,12). The fraction of sp³-hybridized carbons (Fsp3) is 0.667. The van der Waals surface area contributed by atoms with Gasteiger partial charge in [-0.3, -0.25) is 4.79 Å². The lowest BCUT2D eigenvalue weighted by atomic mass is 9.97. The molecule has 0 spiro atoms. The summed E-state index contributed by atoms with van der Waals surface area (Å²) in [4.78, 5) is 10.2. The first kappa shape index (κ1) is 11.0. The molecule has 0 fully saturated rings. The number of carbonyl (C=O) groups is 1. The van der Waals surface area contributed by atoms with Crippen molar-refractivity contribution in [2.75, 3.05) is 0 Å². The van der Waals surface area contributed by atoms with Crippen LogP contribution >= 0.6 is 0 Å². The molecule has 68 valence electrons. The van der Waals surface area contributed by atoms with Crippen molar-refractivity contribution in [2.24, 2.45) is 11.1 Å². The van der Waals surface area contributed by atoms with Crippen LogP contribution in [0.2, 0.25) is 0 Å². The minimum atomic E-state index is -0.911. The Morgan fingerprint density at radius 2 is 2.08 bits per heavy atom. The summed E-state index contributed by atoms with van der Waals surface area (Å²) >= 11 is 0. The molecule has 0 aromatic rings. The Hall–Kier alpha value is -1.01. The van der Waals surface area contributed by atoms with Crippen molar-refractivity contribution < 1.29 is 9.90 Å². The molecular weight excluding hydrogens is 154 g/mol. The maximum Gasteiger partial charge on any atom is 0.305 e. The van der Waals surface area contributed by atoms with E-state index in [1.165, 1.54) is 0 Å². The number of hydrogen-bond donors (Lipinski definition) is 2. The van der Waals surface area contributed by atoms with Crippen molar-refractivity contribution in [3.63, 3.8) is 0 Å². The molecule has 0 aliphatic heterocycles. The highest BCUT2D eigenvalue weighted by Gasteiger charge is 2.07. The van der Waals surface area contributed by atoms with Crippen molar-refractivity contribution in [3.8, 4) is 11.8 Å². The third-order valence-electron chi connectivity index (χ3n) is 1.03. The van der Waals surface area contributed by atoms with Gasteiger partial charge in [-0.25, -0.2) is 0 Å². The van der Waals surface area contributed by atoms with E-state index < -0.39 is 12.0 Å². The Kier molecular flexibility index (Phi) is 3.78. The maximum atomic E-state index is 10.2. The Morgan fingerprint density at radius 3 is 2.42 bits per heavy atom. The van der Waals surface area contributed by atoms with Crippen molar-refractivity contribution in [1.29, 1.82) is 0 Å². The molecular formula is C9H15NO2. The lowest BCUT2D eigenvalue weighted by Gasteiger charge is -2.08. The van der Waals surface area contributed by atoms with Crippen LogP contribution in [0.5, 0.6) is 0 Å². The summed E-state index contributed by atoms with van der Waals surface area (Å²) in [5.74, 6) is 4.68. The number of carboxylic acids is 1. The molecule has 3 N–H and O–H groups in total. The van der Waals surface area contributed by atoms with Crippen LogP contribution in [0.3, 0.4) is 0 Å². The molecule has 0 saturated carbocycles. The molecule has 0 aliphatic rings. The lowest BCUT2D eigenvalue weighted by molar-refractivity contribution is -0.137. The van der Waals surface area contributed by atoms with E-state index in [1.54, 1.807) is 0 Å². The zero-order valence-corrected chi connectivity index (χ0v) is 7.72. The van der Waals surface area contributed by atoms with Gasteiger partial charge in [-0.1, -0.05) is 11.8 Å². The number of rotatable bonds is 2. The smallest absolute Gasteiger partial charge is 0.305 e. The molecule has 0 aliphatic carbocycles. The first-order valence-electron chi connectivity index (χ1n) is 3.81. The second-order valence-corrected chi connectivity index (χ2v) is 3.72. The SMILES string of the molecule is CC(C)(C)C#CC(N)CC(=O)O. The molecule has 0 rings (SSSR count). The van der Waals surface area contributed by atoms with Gasteiger partial charge in [0.2, 0.25) is 0 Å². The fourth-order valence-corrected chi connectivity index (χ4v) is 0.548. The van der Waals surface area contributed by atoms with Crippen LogP contribution in [0.4, 0.5) is 0 Å². The van der Waals surface area contributed by atoms with Gasteiger partial charge < -0.3 is 10.8 Å². The lowest BCUT2D eigenvalue weighted by Crippen LogP contribution is -2.22. The van der Waals surface area contributed by atoms with Gasteiger partial charge in [0.15, 0.2) is 0 Å². The Balaban J connectivity index is 4.04. The Morgan fingerprint density at radius 1 is 1.58 bits per heavy atom. The topological polar surface area (TPSA) is 63.3 Å². The van der Waals surface area contributed by atoms with Gasteiger partial charge in [0, 0.05) is 5.41 Å². The van der Waals surface area contributed by atoms with E-state index in [1.807, 2.05) is 20.8 Å². The summed E-state index contributed by atoms with van der Waals surface area (Å²) in [5, 5.41) is 8.37. The van der Waals surface area contributed by atoms with Crippen LogP contribution in [0.1, 0.15) is 27.2 Å². The third kappa shape index (κ3) is 7.10. The largest absolute Gasteiger partial charge is 0.481 e. The summed E-state index contributed by atoms with van der Waals surface area (Å²) < 4.78 is 0. The molecule has 1 atom stereocenters. The fourth-order valence-electron chi connectivity index (χ4n) is 0.548. The average Bonchev–Trinajstić information content (AvgIpc) is 1.80. The number of carboxylic acid groups (broad SMARTS) is 1. The molecule has 0 aromatic carbocycles. The predicted octanol–water partition coefficient (Wildman–Crippen LogP) is 0.838. The number of aliphatic carboxylic acids is 1. The van der Waals surface area contributed by atoms with Gasteiger partial charge in [-0.2, -0.15) is 0 Å². The summed E-state index contributed by atoms with van der Waals surface area (Å²) in [6, 6.07) is -0.554. The monoisotopic (exact) mass is 169 g/mol. The summed E-state index contributed by atoms with van der Waals surface area (Å²) in [5.41, 5.74) is 5.31. The van der Waals surface area contributed by atoms with Crippen molar-refractivity contribution in [1.82, 2.24) is 0 Å². The van der Waals surface area contributed by atoms with Crippen LogP contribution in [-0.2, 0) is 4.79 Å². The highest BCUT2D eigenvalue weighted by atomic mass is 16.4. The first-order valence-corrected chi connectivity index (χ1v) is 3.81. The number of hydrogen-bond acceptors (Lipinski definition) is 2. The van der Waals surface area contributed by atoms with E-state index >= 15 is 0 Å². The molecule has 0 bridgehead atoms. The highest BCUT2D eigenvalue weighted by Crippen LogP contribution is 2.09. The van der Waals surface area contributed by atoms with E-state index in [2.05, 4.69) is 11.8 Å². The molecule has 0 aromatic heterocycles. The van der Waals surface area contributed by atoms with Crippen molar-refractivity contribution in [3.05, 3.63) is 0 Å². The summed E-state index contributed by atoms with van der Waals surface area (Å²) in [7, 11) is 0. The van der Waals surface area contributed by atoms with Crippen LogP contribution in [0.15, 0.2) is 0 Å². The predicted molar refractivity (Wildman–Crippen MR) is 47.5 cm³/mol. The molecule has 0 heterocycles. The highest BCUT2D eigenvalue weighted by molar-refractivity contribution is 5.68. The molecule has 3 heteroatoms. The van der Waals surface area contributed by atoms with Gasteiger partial charge in [0.1, 0.15) is 0 Å². The van der Waals surface area contributed by atoms with E-state index in [9.17, 15) is 4.79 Å². The molecule has 12 heavy (non-hydrogen) atoms. The van der Waals surface area contributed by atoms with Crippen LogP contribution in [0, 0.1) is 17.3 Å². The van der Waals surface area contributed by atoms with Gasteiger partial charge in [0.25, 0.3) is 0 Å². The van der Waals surface area contributed by atoms with Gasteiger partial charge in [-0.05, 0) is 20.8 Å². The second-order valence-electron chi connectivity index (χ2n) is 3.72. The molecule has 0 radical (unpaired) electrons. The molecule has 1 unspecified atom stereocenters. The van der Waals surface area contributed by atoms with Crippen LogP contribution in [-0.4, -0.2) is 17.1 Å². The Bertz CT molecular complexity index is 217. The second kappa shape index (κ2) is 4.13. The molecule has 0 amide bonds. The molecule has 0 saturated heterocycles. The molecule has 3 nitrogen and oxygen atoms in total. The number of nitrogens with two attached hydrogens (primary N) is 1. The van der Waals surface area contributed by atoms with Gasteiger partial charge in [0.05, 0.1) is 12.5 Å². The van der Waals surface area contributed by atoms with E-state index in [-0.39, 0.29) is 11.8 Å². The Labute approximate surface area is 73.0 Å². The van der Waals surface area contributed by atoms with Crippen molar-refractivity contribution in [2.45, 2.75) is 33.2 Å². The van der Waals surface area contributed by atoms with Gasteiger partial charge in [-0.15, -0.1) is 0 Å². The minimum Gasteiger partial charge on any atom is -0.481 e. The van der Waals surface area contributed by atoms with Crippen molar-refractivity contribution >= 4 is 5.97 Å². The maximum absolute atomic E-state index is 10.2. The summed E-state index contributed by atoms with van der Waals surface area (Å²) in [6.45, 7) is 5.86. The van der Waals surface area contributed by atoms with Gasteiger partial charge >= 0.3 is 5.97 Å². The van der Waals surface area contributed by atoms with E-state index in [4.69, 9.17) is 10.8 Å². The summed E-state index contributed by atoms with van der Waals surface area (Å²) in [6.07, 6.45) is -0.0942. The van der Waals surface area contributed by atoms with E-state index in [0.29, 0.717) is 0 Å². The van der Waals surface area contributed by atoms with Crippen LogP contribution < -0.4 is 5.73 Å². The normalized spacial score (nSPS) is 13.0. The first-order chi connectivity index (χ1) is 5.31. The minimum absolute atomic E-state index is 0.0942.